The van der Waals surface area contributed by atoms with Crippen LogP contribution < -0.4 is 5.73 Å². The third-order valence-corrected chi connectivity index (χ3v) is 4.61. The zero-order chi connectivity index (χ0) is 13.4. The van der Waals surface area contributed by atoms with Gasteiger partial charge in [-0.2, -0.15) is 0 Å². The second-order valence-corrected chi connectivity index (χ2v) is 6.36. The molecule has 2 aromatic carbocycles. The van der Waals surface area contributed by atoms with Gasteiger partial charge in [-0.1, -0.05) is 52.3 Å². The predicted octanol–water partition coefficient (Wildman–Crippen LogP) is 4.56. The molecule has 0 amide bonds. The van der Waals surface area contributed by atoms with Gasteiger partial charge in [0, 0.05) is 10.5 Å². The van der Waals surface area contributed by atoms with Gasteiger partial charge in [0.1, 0.15) is 0 Å². The number of halogens is 1. The molecule has 0 aromatic heterocycles. The molecule has 3 unspecified atom stereocenters. The summed E-state index contributed by atoms with van der Waals surface area (Å²) in [4.78, 5) is 0. The third-order valence-electron chi connectivity index (χ3n) is 4.12. The molecule has 1 aliphatic rings. The quantitative estimate of drug-likeness (QED) is 0.882. The van der Waals surface area contributed by atoms with Crippen molar-refractivity contribution in [3.05, 3.63) is 69.7 Å². The molecule has 0 bridgehead atoms. The molecule has 2 N–H and O–H groups in total. The molecule has 3 atom stereocenters. The highest BCUT2D eigenvalue weighted by Gasteiger charge is 2.43. The summed E-state index contributed by atoms with van der Waals surface area (Å²) in [6.45, 7) is 2.14. The normalized spacial score (nSPS) is 23.1. The van der Waals surface area contributed by atoms with E-state index in [0.717, 1.165) is 4.47 Å². The fourth-order valence-electron chi connectivity index (χ4n) is 2.94. The summed E-state index contributed by atoms with van der Waals surface area (Å²) in [6.07, 6.45) is 1.21. The summed E-state index contributed by atoms with van der Waals surface area (Å²) in [5.41, 5.74) is 10.5. The lowest BCUT2D eigenvalue weighted by Gasteiger charge is -2.15. The summed E-state index contributed by atoms with van der Waals surface area (Å²) in [5, 5.41) is 0. The fraction of sp³-hybridized carbons (Fsp3) is 0.294. The van der Waals surface area contributed by atoms with Crippen molar-refractivity contribution in [3.63, 3.8) is 0 Å². The lowest BCUT2D eigenvalue weighted by Crippen LogP contribution is -2.14. The van der Waals surface area contributed by atoms with Crippen LogP contribution in [0, 0.1) is 12.8 Å². The Hall–Kier alpha value is -1.12. The van der Waals surface area contributed by atoms with E-state index < -0.39 is 0 Å². The van der Waals surface area contributed by atoms with Gasteiger partial charge in [-0.05, 0) is 54.0 Å². The van der Waals surface area contributed by atoms with E-state index in [9.17, 15) is 0 Å². The summed E-state index contributed by atoms with van der Waals surface area (Å²) in [6, 6.07) is 17.3. The van der Waals surface area contributed by atoms with Crippen molar-refractivity contribution < 1.29 is 0 Å². The van der Waals surface area contributed by atoms with Crippen molar-refractivity contribution in [2.45, 2.75) is 25.3 Å². The van der Waals surface area contributed by atoms with Gasteiger partial charge >= 0.3 is 0 Å². The van der Waals surface area contributed by atoms with Gasteiger partial charge in [0.25, 0.3) is 0 Å². The van der Waals surface area contributed by atoms with Gasteiger partial charge in [-0.15, -0.1) is 0 Å². The van der Waals surface area contributed by atoms with Crippen LogP contribution in [0.4, 0.5) is 0 Å². The van der Waals surface area contributed by atoms with E-state index in [1.807, 2.05) is 0 Å². The molecule has 1 fully saturated rings. The van der Waals surface area contributed by atoms with Crippen LogP contribution in [0.3, 0.4) is 0 Å². The van der Waals surface area contributed by atoms with Crippen molar-refractivity contribution in [1.29, 1.82) is 0 Å². The maximum Gasteiger partial charge on any atom is 0.0332 e. The first-order valence-corrected chi connectivity index (χ1v) is 7.52. The maximum atomic E-state index is 6.46. The van der Waals surface area contributed by atoms with Crippen LogP contribution in [0.2, 0.25) is 0 Å². The van der Waals surface area contributed by atoms with Crippen LogP contribution in [0.1, 0.15) is 35.1 Å². The SMILES string of the molecule is Cc1cc(Br)ccc1C(N)C1CC1c1ccccc1. The maximum absolute atomic E-state index is 6.46. The minimum atomic E-state index is 0.151. The van der Waals surface area contributed by atoms with Gasteiger partial charge in [0.15, 0.2) is 0 Å². The second-order valence-electron chi connectivity index (χ2n) is 5.44. The lowest BCUT2D eigenvalue weighted by atomic mass is 9.96. The molecule has 3 rings (SSSR count). The van der Waals surface area contributed by atoms with Crippen LogP contribution in [-0.2, 0) is 0 Å². The van der Waals surface area contributed by atoms with E-state index >= 15 is 0 Å². The Bertz CT molecular complexity index is 579. The molecular formula is C17H18BrN. The van der Waals surface area contributed by atoms with Crippen LogP contribution in [0.15, 0.2) is 53.0 Å². The summed E-state index contributed by atoms with van der Waals surface area (Å²) < 4.78 is 1.12. The zero-order valence-electron chi connectivity index (χ0n) is 11.0. The van der Waals surface area contributed by atoms with E-state index in [0.29, 0.717) is 11.8 Å². The van der Waals surface area contributed by atoms with E-state index in [1.165, 1.54) is 23.1 Å². The third kappa shape index (κ3) is 2.60. The monoisotopic (exact) mass is 315 g/mol. The molecule has 0 heterocycles. The Morgan fingerprint density at radius 3 is 2.58 bits per heavy atom. The molecule has 0 saturated heterocycles. The Balaban J connectivity index is 1.78. The second kappa shape index (κ2) is 5.10. The highest BCUT2D eigenvalue weighted by Crippen LogP contribution is 2.53. The molecule has 1 aliphatic carbocycles. The highest BCUT2D eigenvalue weighted by atomic mass is 79.9. The van der Waals surface area contributed by atoms with Gasteiger partial charge in [0.2, 0.25) is 0 Å². The minimum Gasteiger partial charge on any atom is -0.324 e. The summed E-state index contributed by atoms with van der Waals surface area (Å²) in [7, 11) is 0. The molecule has 19 heavy (non-hydrogen) atoms. The van der Waals surface area contributed by atoms with Crippen LogP contribution in [0.25, 0.3) is 0 Å². The first-order valence-electron chi connectivity index (χ1n) is 6.73. The summed E-state index contributed by atoms with van der Waals surface area (Å²) >= 11 is 3.51. The minimum absolute atomic E-state index is 0.151. The van der Waals surface area contributed by atoms with Crippen molar-refractivity contribution in [2.75, 3.05) is 0 Å². The molecule has 1 nitrogen and oxygen atoms in total. The number of hydrogen-bond donors (Lipinski definition) is 1. The predicted molar refractivity (Wildman–Crippen MR) is 83.1 cm³/mol. The Morgan fingerprint density at radius 1 is 1.16 bits per heavy atom. The molecule has 0 spiro atoms. The van der Waals surface area contributed by atoms with Crippen molar-refractivity contribution >= 4 is 15.9 Å². The standard InChI is InChI=1S/C17H18BrN/c1-11-9-13(18)7-8-14(11)17(19)16-10-15(16)12-5-3-2-4-6-12/h2-9,15-17H,10,19H2,1H3. The first-order chi connectivity index (χ1) is 9.16. The number of rotatable bonds is 3. The topological polar surface area (TPSA) is 26.0 Å². The molecule has 0 radical (unpaired) electrons. The van der Waals surface area contributed by atoms with Crippen LogP contribution in [-0.4, -0.2) is 0 Å². The number of nitrogens with two attached hydrogens (primary N) is 1. The van der Waals surface area contributed by atoms with Gasteiger partial charge in [-0.25, -0.2) is 0 Å². The molecule has 2 heteroatoms. The highest BCUT2D eigenvalue weighted by molar-refractivity contribution is 9.10. The van der Waals surface area contributed by atoms with Gasteiger partial charge in [0.05, 0.1) is 0 Å². The largest absolute Gasteiger partial charge is 0.324 e. The Labute approximate surface area is 123 Å². The average molecular weight is 316 g/mol. The number of benzene rings is 2. The molecule has 1 saturated carbocycles. The number of hydrogen-bond acceptors (Lipinski definition) is 1. The van der Waals surface area contributed by atoms with Crippen molar-refractivity contribution in [3.8, 4) is 0 Å². The van der Waals surface area contributed by atoms with Gasteiger partial charge in [-0.3, -0.25) is 0 Å². The van der Waals surface area contributed by atoms with Crippen molar-refractivity contribution in [2.24, 2.45) is 11.7 Å². The average Bonchev–Trinajstić information content (AvgIpc) is 3.19. The van der Waals surface area contributed by atoms with E-state index in [4.69, 9.17) is 5.73 Å². The van der Waals surface area contributed by atoms with E-state index in [-0.39, 0.29) is 6.04 Å². The van der Waals surface area contributed by atoms with E-state index in [2.05, 4.69) is 71.4 Å². The zero-order valence-corrected chi connectivity index (χ0v) is 12.6. The smallest absolute Gasteiger partial charge is 0.0332 e. The van der Waals surface area contributed by atoms with Crippen LogP contribution in [0.5, 0.6) is 0 Å². The Morgan fingerprint density at radius 2 is 1.89 bits per heavy atom. The van der Waals surface area contributed by atoms with Gasteiger partial charge < -0.3 is 5.73 Å². The molecule has 2 aromatic rings. The fourth-order valence-corrected chi connectivity index (χ4v) is 3.41. The van der Waals surface area contributed by atoms with Crippen LogP contribution >= 0.6 is 15.9 Å². The Kier molecular flexibility index (Phi) is 3.46. The van der Waals surface area contributed by atoms with E-state index in [1.54, 1.807) is 0 Å². The first kappa shape index (κ1) is 12.9. The van der Waals surface area contributed by atoms with Crippen molar-refractivity contribution in [1.82, 2.24) is 0 Å². The number of aryl methyl sites for hydroxylation is 1. The summed E-state index contributed by atoms with van der Waals surface area (Å²) in [5.74, 6) is 1.22. The molecule has 98 valence electrons. The molecular weight excluding hydrogens is 298 g/mol. The lowest BCUT2D eigenvalue weighted by molar-refractivity contribution is 0.612. The molecule has 0 aliphatic heterocycles.